The van der Waals surface area contributed by atoms with Gasteiger partial charge in [0.25, 0.3) is 0 Å². The lowest BCUT2D eigenvalue weighted by molar-refractivity contribution is 0.109. The third kappa shape index (κ3) is 3.37. The van der Waals surface area contributed by atoms with E-state index in [1.165, 1.54) is 19.3 Å². The second-order valence-electron chi connectivity index (χ2n) is 5.50. The average Bonchev–Trinajstić information content (AvgIpc) is 2.37. The van der Waals surface area contributed by atoms with Gasteiger partial charge in [0, 0.05) is 6.54 Å². The molecule has 2 nitrogen and oxygen atoms in total. The van der Waals surface area contributed by atoms with Crippen LogP contribution in [0.2, 0.25) is 10.2 Å². The van der Waals surface area contributed by atoms with Crippen LogP contribution in [-0.4, -0.2) is 23.0 Å². The predicted octanol–water partition coefficient (Wildman–Crippen LogP) is 4.40. The third-order valence-corrected chi connectivity index (χ3v) is 4.73. The molecule has 4 heteroatoms. The van der Waals surface area contributed by atoms with Crippen molar-refractivity contribution in [2.75, 3.05) is 13.1 Å². The zero-order chi connectivity index (χ0) is 13.2. The number of hydrogen-bond donors (Lipinski definition) is 0. The van der Waals surface area contributed by atoms with Gasteiger partial charge in [0.05, 0.1) is 10.7 Å². The first kappa shape index (κ1) is 14.1. The van der Waals surface area contributed by atoms with Crippen LogP contribution in [0.4, 0.5) is 0 Å². The fourth-order valence-corrected chi connectivity index (χ4v) is 2.71. The summed E-state index contributed by atoms with van der Waals surface area (Å²) >= 11 is 12.1. The Kier molecular flexibility index (Phi) is 4.52. The van der Waals surface area contributed by atoms with Gasteiger partial charge in [-0.05, 0) is 43.5 Å². The molecule has 1 aliphatic rings. The molecule has 1 aliphatic heterocycles. The summed E-state index contributed by atoms with van der Waals surface area (Å²) in [6.07, 6.45) is 3.76. The Labute approximate surface area is 119 Å². The second-order valence-corrected chi connectivity index (χ2v) is 6.30. The minimum atomic E-state index is 0.516. The number of hydrogen-bond acceptors (Lipinski definition) is 2. The van der Waals surface area contributed by atoms with Crippen molar-refractivity contribution in [3.05, 3.63) is 28.0 Å². The van der Waals surface area contributed by atoms with Gasteiger partial charge in [-0.2, -0.15) is 0 Å². The van der Waals surface area contributed by atoms with Crippen LogP contribution in [0, 0.1) is 5.41 Å². The van der Waals surface area contributed by atoms with Crippen LogP contribution < -0.4 is 0 Å². The van der Waals surface area contributed by atoms with E-state index in [1.807, 2.05) is 6.07 Å². The highest BCUT2D eigenvalue weighted by Crippen LogP contribution is 2.34. The van der Waals surface area contributed by atoms with Crippen molar-refractivity contribution in [3.8, 4) is 0 Å². The highest BCUT2D eigenvalue weighted by atomic mass is 35.5. The molecule has 0 N–H and O–H groups in total. The topological polar surface area (TPSA) is 16.1 Å². The second kappa shape index (κ2) is 5.77. The standard InChI is InChI=1S/C14H20Cl2N2/c1-3-14(2)6-8-18(9-7-14)10-12-11(15)4-5-13(16)17-12/h4-5H,3,6-10H2,1-2H3. The fraction of sp³-hybridized carbons (Fsp3) is 0.643. The Morgan fingerprint density at radius 1 is 1.28 bits per heavy atom. The number of aromatic nitrogens is 1. The molecule has 1 aromatic rings. The molecule has 0 saturated carbocycles. The first-order chi connectivity index (χ1) is 8.52. The van der Waals surface area contributed by atoms with Crippen molar-refractivity contribution >= 4 is 23.2 Å². The number of piperidine rings is 1. The van der Waals surface area contributed by atoms with Crippen molar-refractivity contribution < 1.29 is 0 Å². The van der Waals surface area contributed by atoms with E-state index >= 15 is 0 Å². The van der Waals surface area contributed by atoms with Crippen LogP contribution in [0.25, 0.3) is 0 Å². The van der Waals surface area contributed by atoms with Crippen LogP contribution in [-0.2, 0) is 6.54 Å². The van der Waals surface area contributed by atoms with Crippen LogP contribution in [0.5, 0.6) is 0 Å². The molecule has 0 bridgehead atoms. The van der Waals surface area contributed by atoms with E-state index in [1.54, 1.807) is 6.07 Å². The van der Waals surface area contributed by atoms with Crippen LogP contribution in [0.1, 0.15) is 38.8 Å². The molecule has 18 heavy (non-hydrogen) atoms. The largest absolute Gasteiger partial charge is 0.297 e. The SMILES string of the molecule is CCC1(C)CCN(Cc2nc(Cl)ccc2Cl)CC1. The number of rotatable bonds is 3. The third-order valence-electron chi connectivity index (χ3n) is 4.17. The van der Waals surface area contributed by atoms with Crippen LogP contribution >= 0.6 is 23.2 Å². The van der Waals surface area contributed by atoms with Crippen molar-refractivity contribution in [1.29, 1.82) is 0 Å². The molecule has 100 valence electrons. The van der Waals surface area contributed by atoms with Gasteiger partial charge in [-0.3, -0.25) is 4.90 Å². The summed E-state index contributed by atoms with van der Waals surface area (Å²) in [7, 11) is 0. The molecule has 1 aromatic heterocycles. The van der Waals surface area contributed by atoms with Gasteiger partial charge in [0.2, 0.25) is 0 Å². The zero-order valence-electron chi connectivity index (χ0n) is 11.0. The minimum Gasteiger partial charge on any atom is -0.297 e. The van der Waals surface area contributed by atoms with Gasteiger partial charge in [-0.15, -0.1) is 0 Å². The molecule has 0 radical (unpaired) electrons. The lowest BCUT2D eigenvalue weighted by atomic mass is 9.78. The average molecular weight is 287 g/mol. The van der Waals surface area contributed by atoms with E-state index < -0.39 is 0 Å². The molecule has 1 saturated heterocycles. The van der Waals surface area contributed by atoms with Crippen molar-refractivity contribution in [2.24, 2.45) is 5.41 Å². The highest BCUT2D eigenvalue weighted by Gasteiger charge is 2.28. The Bertz CT molecular complexity index is 412. The van der Waals surface area contributed by atoms with E-state index in [0.717, 1.165) is 25.3 Å². The van der Waals surface area contributed by atoms with E-state index in [0.29, 0.717) is 15.6 Å². The molecule has 0 amide bonds. The Morgan fingerprint density at radius 3 is 2.56 bits per heavy atom. The maximum atomic E-state index is 6.15. The highest BCUT2D eigenvalue weighted by molar-refractivity contribution is 6.32. The maximum absolute atomic E-state index is 6.15. The summed E-state index contributed by atoms with van der Waals surface area (Å²) in [5.74, 6) is 0. The smallest absolute Gasteiger partial charge is 0.129 e. The molecular formula is C14H20Cl2N2. The van der Waals surface area contributed by atoms with E-state index in [9.17, 15) is 0 Å². The van der Waals surface area contributed by atoms with Crippen molar-refractivity contribution in [3.63, 3.8) is 0 Å². The van der Waals surface area contributed by atoms with Crippen molar-refractivity contribution in [1.82, 2.24) is 9.88 Å². The fourth-order valence-electron chi connectivity index (χ4n) is 2.38. The van der Waals surface area contributed by atoms with E-state index in [4.69, 9.17) is 23.2 Å². The molecule has 0 aliphatic carbocycles. The predicted molar refractivity (Wildman–Crippen MR) is 77.2 cm³/mol. The zero-order valence-corrected chi connectivity index (χ0v) is 12.6. The summed E-state index contributed by atoms with van der Waals surface area (Å²) in [6.45, 7) is 7.71. The van der Waals surface area contributed by atoms with Gasteiger partial charge >= 0.3 is 0 Å². The summed E-state index contributed by atoms with van der Waals surface area (Å²) < 4.78 is 0. The molecular weight excluding hydrogens is 267 g/mol. The van der Waals surface area contributed by atoms with Gasteiger partial charge in [0.1, 0.15) is 5.15 Å². The van der Waals surface area contributed by atoms with Crippen LogP contribution in [0.3, 0.4) is 0 Å². The molecule has 1 fully saturated rings. The number of nitrogens with zero attached hydrogens (tertiary/aromatic N) is 2. The monoisotopic (exact) mass is 286 g/mol. The Morgan fingerprint density at radius 2 is 1.94 bits per heavy atom. The van der Waals surface area contributed by atoms with Gasteiger partial charge in [-0.1, -0.05) is 43.5 Å². The summed E-state index contributed by atoms with van der Waals surface area (Å²) in [4.78, 5) is 6.73. The quantitative estimate of drug-likeness (QED) is 0.766. The molecule has 0 aromatic carbocycles. The molecule has 2 rings (SSSR count). The minimum absolute atomic E-state index is 0.516. The van der Waals surface area contributed by atoms with Crippen LogP contribution in [0.15, 0.2) is 12.1 Å². The first-order valence-corrected chi connectivity index (χ1v) is 7.31. The Balaban J connectivity index is 1.97. The lowest BCUT2D eigenvalue weighted by Crippen LogP contribution is -2.38. The number of likely N-dealkylation sites (tertiary alicyclic amines) is 1. The number of pyridine rings is 1. The molecule has 0 atom stereocenters. The normalized spacial score (nSPS) is 20.0. The molecule has 0 unspecified atom stereocenters. The van der Waals surface area contributed by atoms with Gasteiger partial charge in [0.15, 0.2) is 0 Å². The van der Waals surface area contributed by atoms with Crippen molar-refractivity contribution in [2.45, 2.75) is 39.7 Å². The van der Waals surface area contributed by atoms with E-state index in [-0.39, 0.29) is 0 Å². The first-order valence-electron chi connectivity index (χ1n) is 6.56. The number of halogens is 2. The van der Waals surface area contributed by atoms with Gasteiger partial charge in [-0.25, -0.2) is 4.98 Å². The van der Waals surface area contributed by atoms with Gasteiger partial charge < -0.3 is 0 Å². The summed E-state index contributed by atoms with van der Waals surface area (Å²) in [5.41, 5.74) is 1.41. The molecule has 2 heterocycles. The summed E-state index contributed by atoms with van der Waals surface area (Å²) in [6, 6.07) is 3.56. The van der Waals surface area contributed by atoms with E-state index in [2.05, 4.69) is 23.7 Å². The lowest BCUT2D eigenvalue weighted by Gasteiger charge is -2.38. The molecule has 0 spiro atoms. The Hall–Kier alpha value is -0.310. The summed E-state index contributed by atoms with van der Waals surface area (Å²) in [5, 5.41) is 1.23. The maximum Gasteiger partial charge on any atom is 0.129 e.